The number of rotatable bonds is 6. The zero-order valence-corrected chi connectivity index (χ0v) is 17.7. The minimum Gasteiger partial charge on any atom is -0.326 e. The minimum atomic E-state index is -3.72. The lowest BCUT2D eigenvalue weighted by Crippen LogP contribution is -2.63. The minimum absolute atomic E-state index is 0.0344. The van der Waals surface area contributed by atoms with Crippen LogP contribution in [0, 0.1) is 17.1 Å². The van der Waals surface area contributed by atoms with Crippen LogP contribution in [0.25, 0.3) is 0 Å². The summed E-state index contributed by atoms with van der Waals surface area (Å²) in [4.78, 5) is 14.3. The van der Waals surface area contributed by atoms with Gasteiger partial charge in [0.15, 0.2) is 0 Å². The number of likely N-dealkylation sites (tertiary alicyclic amines) is 1. The summed E-state index contributed by atoms with van der Waals surface area (Å²) in [7, 11) is -3.72. The second-order valence-corrected chi connectivity index (χ2v) is 10.5. The molecule has 30 heavy (non-hydrogen) atoms. The summed E-state index contributed by atoms with van der Waals surface area (Å²) in [5.41, 5.74) is -0.637. The Balaban J connectivity index is 1.35. The van der Waals surface area contributed by atoms with Gasteiger partial charge in [-0.2, -0.15) is 5.26 Å². The van der Waals surface area contributed by atoms with Gasteiger partial charge in [-0.15, -0.1) is 0 Å². The van der Waals surface area contributed by atoms with Crippen molar-refractivity contribution in [2.24, 2.45) is 0 Å². The van der Waals surface area contributed by atoms with Crippen molar-refractivity contribution in [1.82, 2.24) is 14.9 Å². The molecule has 0 radical (unpaired) electrons. The van der Waals surface area contributed by atoms with E-state index in [4.69, 9.17) is 0 Å². The van der Waals surface area contributed by atoms with Crippen molar-refractivity contribution >= 4 is 15.9 Å². The first kappa shape index (κ1) is 21.2. The molecule has 7 nitrogen and oxygen atoms in total. The molecule has 1 heterocycles. The van der Waals surface area contributed by atoms with Gasteiger partial charge in [-0.3, -0.25) is 4.79 Å². The fraction of sp³-hybridized carbons (Fsp3) is 0.619. The number of halogens is 1. The van der Waals surface area contributed by atoms with E-state index in [9.17, 15) is 22.9 Å². The van der Waals surface area contributed by atoms with Crippen LogP contribution in [0.3, 0.4) is 0 Å². The van der Waals surface area contributed by atoms with Gasteiger partial charge in [-0.25, -0.2) is 17.5 Å². The molecule has 1 saturated heterocycles. The van der Waals surface area contributed by atoms with Crippen molar-refractivity contribution in [3.05, 3.63) is 30.1 Å². The molecule has 0 unspecified atom stereocenters. The maximum absolute atomic E-state index is 13.1. The lowest BCUT2D eigenvalue weighted by atomic mass is 9.62. The zero-order valence-electron chi connectivity index (χ0n) is 16.9. The third-order valence-corrected chi connectivity index (χ3v) is 8.65. The number of nitrogens with zero attached hydrogens (tertiary/aromatic N) is 2. The van der Waals surface area contributed by atoms with Crippen LogP contribution in [-0.4, -0.2) is 49.4 Å². The largest absolute Gasteiger partial charge is 0.326 e. The number of carbonyl (C=O) groups excluding carboxylic acids is 1. The molecule has 1 amide bonds. The van der Waals surface area contributed by atoms with Crippen LogP contribution in [0.1, 0.15) is 51.4 Å². The van der Waals surface area contributed by atoms with E-state index < -0.39 is 21.4 Å². The van der Waals surface area contributed by atoms with Crippen LogP contribution in [0.2, 0.25) is 0 Å². The van der Waals surface area contributed by atoms with E-state index in [1.807, 2.05) is 0 Å². The number of sulfonamides is 1. The van der Waals surface area contributed by atoms with E-state index in [1.165, 1.54) is 12.1 Å². The van der Waals surface area contributed by atoms with E-state index in [0.29, 0.717) is 25.8 Å². The van der Waals surface area contributed by atoms with Crippen molar-refractivity contribution in [2.45, 2.75) is 73.4 Å². The third-order valence-electron chi connectivity index (χ3n) is 7.06. The monoisotopic (exact) mass is 434 g/mol. The quantitative estimate of drug-likeness (QED) is 0.714. The fourth-order valence-corrected chi connectivity index (χ4v) is 6.61. The lowest BCUT2D eigenvalue weighted by Gasteiger charge is -2.53. The Morgan fingerprint density at radius 2 is 1.73 bits per heavy atom. The van der Waals surface area contributed by atoms with Crippen LogP contribution in [0.5, 0.6) is 0 Å². The maximum Gasteiger partial charge on any atom is 0.241 e. The Hall–Kier alpha value is -2.02. The SMILES string of the molecule is N#C[C@@H]1CCCN1C(=O)CNC12CCC(NS(=O)(=O)c3ccc(F)cc3)(CC1)CC2. The lowest BCUT2D eigenvalue weighted by molar-refractivity contribution is -0.130. The van der Waals surface area contributed by atoms with Crippen molar-refractivity contribution in [1.29, 1.82) is 5.26 Å². The first-order valence-corrected chi connectivity index (χ1v) is 12.0. The van der Waals surface area contributed by atoms with Crippen LogP contribution in [0.15, 0.2) is 29.2 Å². The molecule has 1 aromatic rings. The molecule has 4 fully saturated rings. The molecule has 1 atom stereocenters. The number of carbonyl (C=O) groups is 1. The Bertz CT molecular complexity index is 933. The molecule has 0 aromatic heterocycles. The van der Waals surface area contributed by atoms with E-state index >= 15 is 0 Å². The fourth-order valence-electron chi connectivity index (χ4n) is 5.13. The molecule has 3 saturated carbocycles. The predicted molar refractivity (Wildman–Crippen MR) is 108 cm³/mol. The summed E-state index contributed by atoms with van der Waals surface area (Å²) < 4.78 is 41.5. The predicted octanol–water partition coefficient (Wildman–Crippen LogP) is 2.05. The highest BCUT2D eigenvalue weighted by Gasteiger charge is 2.50. The van der Waals surface area contributed by atoms with Crippen LogP contribution < -0.4 is 10.0 Å². The van der Waals surface area contributed by atoms with Gasteiger partial charge in [-0.05, 0) is 75.6 Å². The molecule has 5 rings (SSSR count). The molecule has 4 aliphatic rings. The topological polar surface area (TPSA) is 102 Å². The van der Waals surface area contributed by atoms with Gasteiger partial charge >= 0.3 is 0 Å². The second kappa shape index (κ2) is 7.91. The van der Waals surface area contributed by atoms with Gasteiger partial charge < -0.3 is 10.2 Å². The summed E-state index contributed by atoms with van der Waals surface area (Å²) in [6.07, 6.45) is 6.04. The second-order valence-electron chi connectivity index (χ2n) is 8.85. The molecule has 1 aliphatic heterocycles. The van der Waals surface area contributed by atoms with Crippen LogP contribution in [-0.2, 0) is 14.8 Å². The van der Waals surface area contributed by atoms with Gasteiger partial charge in [0.1, 0.15) is 11.9 Å². The molecule has 2 N–H and O–H groups in total. The maximum atomic E-state index is 13.1. The van der Waals surface area contributed by atoms with Crippen molar-refractivity contribution in [3.63, 3.8) is 0 Å². The number of nitrogens with one attached hydrogen (secondary N) is 2. The average molecular weight is 435 g/mol. The van der Waals surface area contributed by atoms with Gasteiger partial charge in [-0.1, -0.05) is 0 Å². The Kier molecular flexibility index (Phi) is 5.60. The Morgan fingerprint density at radius 3 is 2.33 bits per heavy atom. The molecule has 9 heteroatoms. The van der Waals surface area contributed by atoms with Crippen LogP contribution in [0.4, 0.5) is 4.39 Å². The Labute approximate surface area is 176 Å². The summed E-state index contributed by atoms with van der Waals surface area (Å²) in [6.45, 7) is 0.854. The van der Waals surface area contributed by atoms with Crippen LogP contribution >= 0.6 is 0 Å². The van der Waals surface area contributed by atoms with Crippen molar-refractivity contribution in [2.75, 3.05) is 13.1 Å². The highest BCUT2D eigenvalue weighted by Crippen LogP contribution is 2.47. The average Bonchev–Trinajstić information content (AvgIpc) is 3.22. The molecule has 3 aliphatic carbocycles. The van der Waals surface area contributed by atoms with E-state index in [2.05, 4.69) is 16.1 Å². The van der Waals surface area contributed by atoms with Gasteiger partial charge in [0.25, 0.3) is 0 Å². The van der Waals surface area contributed by atoms with E-state index in [-0.39, 0.29) is 28.9 Å². The van der Waals surface area contributed by atoms with Gasteiger partial charge in [0.05, 0.1) is 17.5 Å². The van der Waals surface area contributed by atoms with Crippen molar-refractivity contribution in [3.8, 4) is 6.07 Å². The van der Waals surface area contributed by atoms with Gasteiger partial charge in [0, 0.05) is 17.6 Å². The first-order valence-electron chi connectivity index (χ1n) is 10.5. The van der Waals surface area contributed by atoms with Gasteiger partial charge in [0.2, 0.25) is 15.9 Å². The number of nitriles is 1. The molecule has 162 valence electrons. The molecular weight excluding hydrogens is 407 g/mol. The van der Waals surface area contributed by atoms with Crippen molar-refractivity contribution < 1.29 is 17.6 Å². The van der Waals surface area contributed by atoms with E-state index in [1.54, 1.807) is 4.90 Å². The number of benzene rings is 1. The molecule has 0 spiro atoms. The number of hydrogen-bond donors (Lipinski definition) is 2. The summed E-state index contributed by atoms with van der Waals surface area (Å²) in [6, 6.07) is 6.75. The highest BCUT2D eigenvalue weighted by atomic mass is 32.2. The normalized spacial score (nSPS) is 30.9. The number of amides is 1. The Morgan fingerprint density at radius 1 is 1.13 bits per heavy atom. The summed E-state index contributed by atoms with van der Waals surface area (Å²) in [5.74, 6) is -0.504. The smallest absolute Gasteiger partial charge is 0.241 e. The van der Waals surface area contributed by atoms with E-state index in [0.717, 1.165) is 44.2 Å². The summed E-state index contributed by atoms with van der Waals surface area (Å²) in [5, 5.41) is 12.6. The third kappa shape index (κ3) is 4.09. The zero-order chi connectivity index (χ0) is 21.4. The number of fused-ring (bicyclic) bond motifs is 3. The first-order chi connectivity index (χ1) is 14.3. The molecule has 2 bridgehead atoms. The summed E-state index contributed by atoms with van der Waals surface area (Å²) >= 11 is 0. The highest BCUT2D eigenvalue weighted by molar-refractivity contribution is 7.89. The number of hydrogen-bond acceptors (Lipinski definition) is 5. The molecule has 1 aromatic carbocycles. The molecular formula is C21H27FN4O3S. The standard InChI is InChI=1S/C21H27FN4O3S/c22-16-3-5-18(6-4-16)30(28,29)25-21-10-7-20(8-11-21,9-12-21)24-15-19(27)26-13-1-2-17(26)14-23/h3-6,17,24-25H,1-2,7-13,15H2/t17-,20?,21?/m0/s1.